The standard InChI is InChI=1S/C17H16FNO4/c1-10-13(17(21)22)8-9-19(10)16(20)15-7-6-14(23-15)11-2-4-12(18)5-3-11/h2-7,10,13H,8-9H2,1H3,(H,21,22). The van der Waals surface area contributed by atoms with Gasteiger partial charge in [0.25, 0.3) is 5.91 Å². The largest absolute Gasteiger partial charge is 0.481 e. The van der Waals surface area contributed by atoms with E-state index in [0.29, 0.717) is 24.3 Å². The summed E-state index contributed by atoms with van der Waals surface area (Å²) in [4.78, 5) is 25.2. The first kappa shape index (κ1) is 15.3. The van der Waals surface area contributed by atoms with Gasteiger partial charge in [-0.2, -0.15) is 0 Å². The van der Waals surface area contributed by atoms with Gasteiger partial charge in [0, 0.05) is 18.2 Å². The van der Waals surface area contributed by atoms with Crippen LogP contribution >= 0.6 is 0 Å². The zero-order valence-corrected chi connectivity index (χ0v) is 12.5. The molecule has 0 spiro atoms. The number of hydrogen-bond donors (Lipinski definition) is 1. The van der Waals surface area contributed by atoms with Crippen LogP contribution in [-0.2, 0) is 4.79 Å². The van der Waals surface area contributed by atoms with E-state index in [1.165, 1.54) is 17.0 Å². The van der Waals surface area contributed by atoms with Gasteiger partial charge in [0.2, 0.25) is 0 Å². The van der Waals surface area contributed by atoms with Crippen molar-refractivity contribution in [3.05, 3.63) is 48.0 Å². The van der Waals surface area contributed by atoms with Gasteiger partial charge in [-0.1, -0.05) is 0 Å². The maximum Gasteiger partial charge on any atom is 0.308 e. The second-order valence-electron chi connectivity index (χ2n) is 5.64. The Morgan fingerprint density at radius 1 is 1.22 bits per heavy atom. The molecule has 1 aromatic carbocycles. The van der Waals surface area contributed by atoms with Crippen LogP contribution in [-0.4, -0.2) is 34.5 Å². The molecule has 6 heteroatoms. The van der Waals surface area contributed by atoms with Crippen molar-refractivity contribution >= 4 is 11.9 Å². The van der Waals surface area contributed by atoms with Crippen LogP contribution in [0.2, 0.25) is 0 Å². The summed E-state index contributed by atoms with van der Waals surface area (Å²) in [6.07, 6.45) is 0.438. The first-order valence-electron chi connectivity index (χ1n) is 7.37. The lowest BCUT2D eigenvalue weighted by atomic mass is 10.0. The molecular weight excluding hydrogens is 301 g/mol. The van der Waals surface area contributed by atoms with Gasteiger partial charge in [-0.05, 0) is 49.7 Å². The number of carbonyl (C=O) groups is 2. The number of rotatable bonds is 3. The van der Waals surface area contributed by atoms with Crippen molar-refractivity contribution in [2.75, 3.05) is 6.54 Å². The lowest BCUT2D eigenvalue weighted by molar-refractivity contribution is -0.142. The van der Waals surface area contributed by atoms with Crippen LogP contribution in [0.1, 0.15) is 23.9 Å². The van der Waals surface area contributed by atoms with Gasteiger partial charge in [-0.3, -0.25) is 9.59 Å². The van der Waals surface area contributed by atoms with E-state index in [4.69, 9.17) is 9.52 Å². The Labute approximate surface area is 132 Å². The molecule has 2 atom stereocenters. The van der Waals surface area contributed by atoms with E-state index in [-0.39, 0.29) is 23.5 Å². The van der Waals surface area contributed by atoms with Gasteiger partial charge in [-0.25, -0.2) is 4.39 Å². The molecule has 0 saturated carbocycles. The number of amides is 1. The molecule has 0 aliphatic carbocycles. The quantitative estimate of drug-likeness (QED) is 0.944. The van der Waals surface area contributed by atoms with Crippen molar-refractivity contribution in [1.82, 2.24) is 4.90 Å². The molecule has 23 heavy (non-hydrogen) atoms. The third-order valence-electron chi connectivity index (χ3n) is 4.28. The molecule has 1 fully saturated rings. The number of aliphatic carboxylic acids is 1. The Morgan fingerprint density at radius 3 is 2.52 bits per heavy atom. The van der Waals surface area contributed by atoms with E-state index in [2.05, 4.69) is 0 Å². The molecule has 1 aliphatic rings. The van der Waals surface area contributed by atoms with Gasteiger partial charge in [0.1, 0.15) is 11.6 Å². The minimum Gasteiger partial charge on any atom is -0.481 e. The molecule has 1 aliphatic heterocycles. The fourth-order valence-corrected chi connectivity index (χ4v) is 2.92. The average molecular weight is 317 g/mol. The van der Waals surface area contributed by atoms with Crippen LogP contribution in [0.5, 0.6) is 0 Å². The van der Waals surface area contributed by atoms with Crippen LogP contribution in [0.15, 0.2) is 40.8 Å². The number of likely N-dealkylation sites (tertiary alicyclic amines) is 1. The van der Waals surface area contributed by atoms with Crippen molar-refractivity contribution < 1.29 is 23.5 Å². The zero-order chi connectivity index (χ0) is 16.6. The smallest absolute Gasteiger partial charge is 0.308 e. The predicted octanol–water partition coefficient (Wildman–Crippen LogP) is 3.02. The minimum atomic E-state index is -0.890. The van der Waals surface area contributed by atoms with E-state index in [9.17, 15) is 14.0 Å². The Hall–Kier alpha value is -2.63. The summed E-state index contributed by atoms with van der Waals surface area (Å²) in [7, 11) is 0. The lowest BCUT2D eigenvalue weighted by Crippen LogP contribution is -2.37. The highest BCUT2D eigenvalue weighted by Gasteiger charge is 2.39. The summed E-state index contributed by atoms with van der Waals surface area (Å²) in [6.45, 7) is 2.12. The van der Waals surface area contributed by atoms with Crippen LogP contribution in [0.25, 0.3) is 11.3 Å². The van der Waals surface area contributed by atoms with E-state index >= 15 is 0 Å². The summed E-state index contributed by atoms with van der Waals surface area (Å²) in [5.41, 5.74) is 0.670. The van der Waals surface area contributed by atoms with E-state index in [1.54, 1.807) is 31.2 Å². The van der Waals surface area contributed by atoms with E-state index in [1.807, 2.05) is 0 Å². The predicted molar refractivity (Wildman–Crippen MR) is 80.3 cm³/mol. The average Bonchev–Trinajstić information content (AvgIpc) is 3.14. The summed E-state index contributed by atoms with van der Waals surface area (Å²) in [5, 5.41) is 9.14. The number of furan rings is 1. The lowest BCUT2D eigenvalue weighted by Gasteiger charge is -2.22. The number of carbonyl (C=O) groups excluding carboxylic acids is 1. The second-order valence-corrected chi connectivity index (χ2v) is 5.64. The summed E-state index contributed by atoms with van der Waals surface area (Å²) >= 11 is 0. The van der Waals surface area contributed by atoms with Crippen LogP contribution in [0.3, 0.4) is 0 Å². The highest BCUT2D eigenvalue weighted by Crippen LogP contribution is 2.28. The number of carboxylic acid groups (broad SMARTS) is 1. The molecule has 1 amide bonds. The summed E-state index contributed by atoms with van der Waals surface area (Å²) in [5.74, 6) is -1.49. The molecule has 120 valence electrons. The molecule has 1 aromatic heterocycles. The Bertz CT molecular complexity index is 737. The first-order chi connectivity index (χ1) is 11.0. The van der Waals surface area contributed by atoms with E-state index in [0.717, 1.165) is 0 Å². The number of halogens is 1. The first-order valence-corrected chi connectivity index (χ1v) is 7.37. The topological polar surface area (TPSA) is 70.8 Å². The van der Waals surface area contributed by atoms with Gasteiger partial charge in [0.15, 0.2) is 5.76 Å². The maximum atomic E-state index is 12.9. The number of carboxylic acids is 1. The molecule has 2 aromatic rings. The molecule has 1 N–H and O–H groups in total. The van der Waals surface area contributed by atoms with E-state index < -0.39 is 11.9 Å². The fourth-order valence-electron chi connectivity index (χ4n) is 2.92. The number of benzene rings is 1. The summed E-state index contributed by atoms with van der Waals surface area (Å²) < 4.78 is 18.5. The van der Waals surface area contributed by atoms with Crippen molar-refractivity contribution in [3.63, 3.8) is 0 Å². The van der Waals surface area contributed by atoms with Crippen molar-refractivity contribution in [1.29, 1.82) is 0 Å². The third kappa shape index (κ3) is 2.84. The third-order valence-corrected chi connectivity index (χ3v) is 4.28. The van der Waals surface area contributed by atoms with Crippen LogP contribution in [0.4, 0.5) is 4.39 Å². The van der Waals surface area contributed by atoms with Crippen molar-refractivity contribution in [2.45, 2.75) is 19.4 Å². The molecule has 2 unspecified atom stereocenters. The van der Waals surface area contributed by atoms with Crippen LogP contribution < -0.4 is 0 Å². The molecular formula is C17H16FNO4. The molecule has 2 heterocycles. The number of nitrogens with zero attached hydrogens (tertiary/aromatic N) is 1. The zero-order valence-electron chi connectivity index (χ0n) is 12.5. The normalized spacial score (nSPS) is 20.7. The maximum absolute atomic E-state index is 12.9. The highest BCUT2D eigenvalue weighted by atomic mass is 19.1. The van der Waals surface area contributed by atoms with Gasteiger partial charge >= 0.3 is 5.97 Å². The van der Waals surface area contributed by atoms with Crippen LogP contribution in [0, 0.1) is 11.7 Å². The highest BCUT2D eigenvalue weighted by molar-refractivity contribution is 5.93. The molecule has 1 saturated heterocycles. The monoisotopic (exact) mass is 317 g/mol. The fraction of sp³-hybridized carbons (Fsp3) is 0.294. The second kappa shape index (κ2) is 5.87. The SMILES string of the molecule is CC1C(C(=O)O)CCN1C(=O)c1ccc(-c2ccc(F)cc2)o1. The Kier molecular flexibility index (Phi) is 3.90. The molecule has 0 bridgehead atoms. The minimum absolute atomic E-state index is 0.155. The molecule has 3 rings (SSSR count). The Morgan fingerprint density at radius 2 is 1.91 bits per heavy atom. The van der Waals surface area contributed by atoms with Gasteiger partial charge in [0.05, 0.1) is 5.92 Å². The number of hydrogen-bond acceptors (Lipinski definition) is 3. The molecule has 0 radical (unpaired) electrons. The van der Waals surface area contributed by atoms with Gasteiger partial charge in [-0.15, -0.1) is 0 Å². The summed E-state index contributed by atoms with van der Waals surface area (Å²) in [6, 6.07) is 8.61. The molecule has 5 nitrogen and oxygen atoms in total. The van der Waals surface area contributed by atoms with Crippen molar-refractivity contribution in [3.8, 4) is 11.3 Å². The Balaban J connectivity index is 1.79. The van der Waals surface area contributed by atoms with Gasteiger partial charge < -0.3 is 14.4 Å². The van der Waals surface area contributed by atoms with Crippen molar-refractivity contribution in [2.24, 2.45) is 5.92 Å².